The number of nitrogens with one attached hydrogen (secondary N) is 4. The molecule has 7 unspecified atom stereocenters. The van der Waals surface area contributed by atoms with Crippen LogP contribution in [0.4, 0.5) is 5.69 Å². The molecule has 0 amide bonds. The summed E-state index contributed by atoms with van der Waals surface area (Å²) in [5.74, 6) is 0. The topological polar surface area (TPSA) is 152 Å². The molecule has 0 saturated carbocycles. The Morgan fingerprint density at radius 1 is 0.299 bits per heavy atom. The molecule has 22 rings (SSSR count). The van der Waals surface area contributed by atoms with Crippen molar-refractivity contribution in [2.75, 3.05) is 123 Å². The van der Waals surface area contributed by atoms with Gasteiger partial charge in [-0.3, -0.25) is 34.3 Å². The summed E-state index contributed by atoms with van der Waals surface area (Å²) in [5.41, 5.74) is 45.7. The average molecular weight is 1820 g/mol. The third-order valence-electron chi connectivity index (χ3n) is 33.5. The minimum atomic E-state index is 0.255. The van der Waals surface area contributed by atoms with Crippen LogP contribution in [0.5, 0.6) is 0 Å². The number of hydrogen-bond acceptors (Lipinski definition) is 15. The zero-order chi connectivity index (χ0) is 92.2. The number of nitrogens with two attached hydrogens (primary N) is 3. The third kappa shape index (κ3) is 28.8. The molecule has 0 radical (unpaired) electrons. The Bertz CT molecular complexity index is 4560. The van der Waals surface area contributed by atoms with Crippen LogP contribution in [0.15, 0.2) is 146 Å². The summed E-state index contributed by atoms with van der Waals surface area (Å²) in [5, 5.41) is 14.4. The highest BCUT2D eigenvalue weighted by Crippen LogP contribution is 2.45. The molecule has 7 aromatic rings. The van der Waals surface area contributed by atoms with E-state index in [9.17, 15) is 0 Å². The number of piperidine rings is 8. The largest absolute Gasteiger partial charge is 0.369 e. The molecule has 134 heavy (non-hydrogen) atoms. The fraction of sp³-hybridized carbons (Fsp3) is 0.647. The lowest BCUT2D eigenvalue weighted by atomic mass is 9.76. The van der Waals surface area contributed by atoms with Crippen LogP contribution >= 0.6 is 0 Å². The Kier molecular flexibility index (Phi) is 39.3. The van der Waals surface area contributed by atoms with Gasteiger partial charge in [0.25, 0.3) is 0 Å². The maximum atomic E-state index is 6.34. The highest BCUT2D eigenvalue weighted by molar-refractivity contribution is 5.53. The second kappa shape index (κ2) is 52.3. The van der Waals surface area contributed by atoms with Gasteiger partial charge in [0.05, 0.1) is 0 Å². The number of hydrogen-bond donors (Lipinski definition) is 7. The number of likely N-dealkylation sites (tertiary alicyclic amines) is 5. The van der Waals surface area contributed by atoms with Gasteiger partial charge in [0.15, 0.2) is 0 Å². The SMILES string of the molecule is CC(C)N1CCCCC1c1ccc2c(c1)CCC[C@H]2N.CC(C)N1CCN(c2ccc3c(c2)CCC[C@H]3N)CC1.CC1Cc2c(ccc3c2CCC[C@H]3N)C2CCCCN12.c1cc(C2CCCCN2)ccc1CN1CCCCC1.c1cc(C2CCCN2)ccc1CN1CCCCC1.c1cc(CN2CCCCC2)cc(C2CCCCN2)c1.c1cc(CN2CCCCC2)cc(C2CCCN2)c1. The van der Waals surface area contributed by atoms with E-state index >= 15 is 0 Å². The van der Waals surface area contributed by atoms with Gasteiger partial charge in [-0.2, -0.15) is 0 Å². The first-order chi connectivity index (χ1) is 65.7. The highest BCUT2D eigenvalue weighted by Gasteiger charge is 2.37. The lowest BCUT2D eigenvalue weighted by Crippen LogP contribution is -2.48. The highest BCUT2D eigenvalue weighted by atomic mass is 15.3. The summed E-state index contributed by atoms with van der Waals surface area (Å²) in [6.45, 7) is 38.4. The number of fused-ring (bicyclic) bond motifs is 7. The van der Waals surface area contributed by atoms with Gasteiger partial charge in [-0.15, -0.1) is 0 Å². The van der Waals surface area contributed by atoms with E-state index < -0.39 is 0 Å². The molecule has 0 bridgehead atoms. The first kappa shape index (κ1) is 101. The van der Waals surface area contributed by atoms with E-state index in [0.29, 0.717) is 54.4 Å². The summed E-state index contributed by atoms with van der Waals surface area (Å²) in [6.07, 6.45) is 50.2. The molecule has 10 atom stereocenters. The Labute approximate surface area is 813 Å². The third-order valence-corrected chi connectivity index (χ3v) is 33.5. The number of anilines is 1. The van der Waals surface area contributed by atoms with Crippen molar-refractivity contribution in [1.82, 2.24) is 55.6 Å². The molecule has 15 nitrogen and oxygen atoms in total. The fourth-order valence-corrected chi connectivity index (χ4v) is 25.6. The molecule has 0 aromatic heterocycles. The van der Waals surface area contributed by atoms with Crippen LogP contribution in [0.2, 0.25) is 0 Å². The fourth-order valence-electron chi connectivity index (χ4n) is 25.6. The molecule has 3 aliphatic carbocycles. The monoisotopic (exact) mass is 1820 g/mol. The second-order valence-electron chi connectivity index (χ2n) is 43.9. The second-order valence-corrected chi connectivity index (χ2v) is 43.9. The lowest BCUT2D eigenvalue weighted by Gasteiger charge is -2.46. The van der Waals surface area contributed by atoms with Gasteiger partial charge in [-0.1, -0.05) is 185 Å². The van der Waals surface area contributed by atoms with E-state index in [-0.39, 0.29) is 18.1 Å². The van der Waals surface area contributed by atoms with Crippen molar-refractivity contribution < 1.29 is 0 Å². The van der Waals surface area contributed by atoms with E-state index in [1.165, 1.54) is 413 Å². The normalized spacial score (nSPS) is 26.7. The number of piperazine rings is 1. The molecule has 15 aliphatic rings. The Balaban J connectivity index is 0.000000114. The van der Waals surface area contributed by atoms with Crippen LogP contribution in [-0.2, 0) is 51.9 Å². The van der Waals surface area contributed by atoms with Gasteiger partial charge in [0, 0.05) is 131 Å². The maximum Gasteiger partial charge on any atom is 0.0370 e. The van der Waals surface area contributed by atoms with Crippen LogP contribution in [0, 0.1) is 0 Å². The summed E-state index contributed by atoms with van der Waals surface area (Å²) in [4.78, 5) is 20.9. The van der Waals surface area contributed by atoms with E-state index in [4.69, 9.17) is 17.2 Å². The van der Waals surface area contributed by atoms with Crippen molar-refractivity contribution in [2.45, 2.75) is 377 Å². The molecular weight excluding hydrogens is 1640 g/mol. The summed E-state index contributed by atoms with van der Waals surface area (Å²) >= 11 is 0. The molecule has 12 heterocycles. The molecule has 0 spiro atoms. The molecule has 11 saturated heterocycles. The summed E-state index contributed by atoms with van der Waals surface area (Å²) in [7, 11) is 0. The molecule has 15 heteroatoms. The van der Waals surface area contributed by atoms with Crippen LogP contribution in [0.25, 0.3) is 0 Å². The van der Waals surface area contributed by atoms with Gasteiger partial charge in [-0.05, 0) is 426 Å². The first-order valence-corrected chi connectivity index (χ1v) is 55.6. The molecule has 11 fully saturated rings. The van der Waals surface area contributed by atoms with Crippen molar-refractivity contribution in [3.63, 3.8) is 0 Å². The van der Waals surface area contributed by atoms with Gasteiger partial charge < -0.3 is 43.4 Å². The number of rotatable bonds is 16. The van der Waals surface area contributed by atoms with Crippen LogP contribution in [0.3, 0.4) is 0 Å². The van der Waals surface area contributed by atoms with Gasteiger partial charge in [0.1, 0.15) is 0 Å². The lowest BCUT2D eigenvalue weighted by molar-refractivity contribution is 0.0897. The number of aryl methyl sites for hydroxylation is 2. The number of nitrogens with zero attached hydrogens (tertiary/aromatic N) is 8. The molecule has 12 aliphatic heterocycles. The molecule has 732 valence electrons. The van der Waals surface area contributed by atoms with Crippen LogP contribution in [-0.4, -0.2) is 170 Å². The standard InChI is InChI=1S/C18H26N2.C18H28N2.C17H27N3.2C17H26N2.2C16H24N2/c1-12-11-16-13-5-4-6-17(19)14(13)8-9-15(16)18-7-2-3-10-20(12)18;1-13(2)20-11-4-3-8-18(20)15-9-10-16-14(12-15)6-5-7-17(16)19;1-13(2)19-8-10-20(11-9-19)15-6-7-16-14(12-15)4-3-5-17(16)18;1-4-11-19(12-5-1)14-15-7-6-8-16(13-15)17-9-2-3-10-18-17;1-4-12-19(13-5-1)14-15-7-9-16(10-8-15)17-6-2-3-11-18-17;1-2-10-18(11-3-1)13-14-6-4-7-15(12-14)16-8-5-9-17-16;1-2-11-18(12-3-1)13-14-6-8-15(9-7-14)16-5-4-10-17-16/h8-9,12,17-18H,2-7,10-11,19H2,1H3;9-10,12-13,17-18H,3-8,11,19H2,1-2H3;6-7,12-13,17H,3-5,8-11,18H2,1-2H3;6-8,13,17-18H,1-5,9-12,14H2;7-10,17-18H,1-6,11-14H2;4,6-7,12,16-17H,1-3,5,8-11,13H2;6-9,16-17H,1-5,10-13H2/t12?,17-,18?;17-,18?;17-;;;;/m111..../s1. The minimum absolute atomic E-state index is 0.255. The first-order valence-electron chi connectivity index (χ1n) is 55.6. The molecule has 10 N–H and O–H groups in total. The summed E-state index contributed by atoms with van der Waals surface area (Å²) < 4.78 is 0. The van der Waals surface area contributed by atoms with Crippen LogP contribution < -0.4 is 43.4 Å². The Morgan fingerprint density at radius 3 is 1.18 bits per heavy atom. The average Bonchev–Trinajstić information content (AvgIpc) is 0.812. The van der Waals surface area contributed by atoms with Crippen molar-refractivity contribution >= 4 is 5.69 Å². The molecular formula is C119H181N15. The summed E-state index contributed by atoms with van der Waals surface area (Å²) in [6, 6.07) is 62.4. The van der Waals surface area contributed by atoms with E-state index in [1.54, 1.807) is 16.7 Å². The smallest absolute Gasteiger partial charge is 0.0370 e. The van der Waals surface area contributed by atoms with E-state index in [0.717, 1.165) is 58.5 Å². The van der Waals surface area contributed by atoms with E-state index in [2.05, 4.69) is 241 Å². The zero-order valence-electron chi connectivity index (χ0n) is 84.5. The Morgan fingerprint density at radius 2 is 0.701 bits per heavy atom. The van der Waals surface area contributed by atoms with Gasteiger partial charge in [-0.25, -0.2) is 0 Å². The van der Waals surface area contributed by atoms with Crippen molar-refractivity contribution in [3.05, 3.63) is 240 Å². The predicted octanol–water partition coefficient (Wildman–Crippen LogP) is 23.2. The van der Waals surface area contributed by atoms with Crippen molar-refractivity contribution in [2.24, 2.45) is 17.2 Å². The Hall–Kier alpha value is -6.22. The van der Waals surface area contributed by atoms with Gasteiger partial charge in [0.2, 0.25) is 0 Å². The van der Waals surface area contributed by atoms with Crippen molar-refractivity contribution in [1.29, 1.82) is 0 Å². The molecule has 7 aromatic carbocycles. The number of benzene rings is 7. The van der Waals surface area contributed by atoms with Crippen molar-refractivity contribution in [3.8, 4) is 0 Å². The minimum Gasteiger partial charge on any atom is -0.369 e. The maximum absolute atomic E-state index is 6.34. The van der Waals surface area contributed by atoms with E-state index in [1.807, 2.05) is 0 Å². The zero-order valence-corrected chi connectivity index (χ0v) is 84.5. The quantitative estimate of drug-likeness (QED) is 0.0491. The van der Waals surface area contributed by atoms with Gasteiger partial charge >= 0.3 is 0 Å². The van der Waals surface area contributed by atoms with Crippen LogP contribution in [0.1, 0.15) is 402 Å². The predicted molar refractivity (Wildman–Crippen MR) is 564 cm³/mol.